The van der Waals surface area contributed by atoms with Crippen LogP contribution >= 0.6 is 0 Å². The first kappa shape index (κ1) is 12.1. The number of hydrogen-bond acceptors (Lipinski definition) is 5. The van der Waals surface area contributed by atoms with Crippen LogP contribution < -0.4 is 5.73 Å². The Kier molecular flexibility index (Phi) is 3.43. The standard InChI is InChI=1S/C13H16N4O2/c14-12-1-2-15-5-11(12)13-6-16-9-17(13)7-10-8-18-3-4-19-10/h1-2,5-6,9-10H,3-4,7-8H2,(H2,14,15). The van der Waals surface area contributed by atoms with E-state index in [2.05, 4.69) is 9.97 Å². The third-order valence-electron chi connectivity index (χ3n) is 3.13. The predicted octanol–water partition coefficient (Wildman–Crippen LogP) is 0.943. The monoisotopic (exact) mass is 260 g/mol. The van der Waals surface area contributed by atoms with E-state index in [-0.39, 0.29) is 6.10 Å². The van der Waals surface area contributed by atoms with E-state index >= 15 is 0 Å². The van der Waals surface area contributed by atoms with E-state index in [0.29, 0.717) is 32.1 Å². The van der Waals surface area contributed by atoms with Crippen molar-refractivity contribution in [1.82, 2.24) is 14.5 Å². The van der Waals surface area contributed by atoms with Crippen LogP contribution in [-0.4, -0.2) is 40.5 Å². The maximum Gasteiger partial charge on any atom is 0.0988 e. The summed E-state index contributed by atoms with van der Waals surface area (Å²) in [5.74, 6) is 0. The van der Waals surface area contributed by atoms with Crippen molar-refractivity contribution >= 4 is 5.69 Å². The zero-order chi connectivity index (χ0) is 13.1. The molecule has 0 amide bonds. The summed E-state index contributed by atoms with van der Waals surface area (Å²) in [6.07, 6.45) is 7.05. The smallest absolute Gasteiger partial charge is 0.0988 e. The van der Waals surface area contributed by atoms with Crippen molar-refractivity contribution in [2.45, 2.75) is 12.6 Å². The quantitative estimate of drug-likeness (QED) is 0.889. The van der Waals surface area contributed by atoms with Crippen LogP contribution in [0.2, 0.25) is 0 Å². The summed E-state index contributed by atoms with van der Waals surface area (Å²) in [5, 5.41) is 0. The van der Waals surface area contributed by atoms with Crippen LogP contribution in [0.3, 0.4) is 0 Å². The van der Waals surface area contributed by atoms with Crippen LogP contribution in [0.25, 0.3) is 11.3 Å². The Morgan fingerprint density at radius 1 is 1.32 bits per heavy atom. The highest BCUT2D eigenvalue weighted by Gasteiger charge is 2.17. The van der Waals surface area contributed by atoms with E-state index in [1.165, 1.54) is 0 Å². The number of nitrogen functional groups attached to an aromatic ring is 1. The molecule has 0 bridgehead atoms. The molecule has 1 saturated heterocycles. The van der Waals surface area contributed by atoms with Gasteiger partial charge in [0.2, 0.25) is 0 Å². The molecule has 0 aromatic carbocycles. The maximum absolute atomic E-state index is 5.98. The Hall–Kier alpha value is -1.92. The van der Waals surface area contributed by atoms with Crippen LogP contribution in [-0.2, 0) is 16.0 Å². The Balaban J connectivity index is 1.84. The summed E-state index contributed by atoms with van der Waals surface area (Å²) in [4.78, 5) is 8.30. The summed E-state index contributed by atoms with van der Waals surface area (Å²) in [7, 11) is 0. The van der Waals surface area contributed by atoms with Gasteiger partial charge in [0.1, 0.15) is 0 Å². The largest absolute Gasteiger partial charge is 0.398 e. The van der Waals surface area contributed by atoms with Crippen LogP contribution in [0, 0.1) is 0 Å². The molecule has 19 heavy (non-hydrogen) atoms. The van der Waals surface area contributed by atoms with Crippen molar-refractivity contribution in [3.8, 4) is 11.3 Å². The molecule has 1 fully saturated rings. The zero-order valence-electron chi connectivity index (χ0n) is 10.5. The average molecular weight is 260 g/mol. The number of nitrogens with zero attached hydrogens (tertiary/aromatic N) is 3. The topological polar surface area (TPSA) is 75.2 Å². The fraction of sp³-hybridized carbons (Fsp3) is 0.385. The number of imidazole rings is 1. The number of ether oxygens (including phenoxy) is 2. The fourth-order valence-electron chi connectivity index (χ4n) is 2.17. The first-order chi connectivity index (χ1) is 9.34. The number of rotatable bonds is 3. The number of aromatic nitrogens is 3. The zero-order valence-corrected chi connectivity index (χ0v) is 10.5. The van der Waals surface area contributed by atoms with Crippen LogP contribution in [0.4, 0.5) is 5.69 Å². The van der Waals surface area contributed by atoms with Gasteiger partial charge in [0.05, 0.1) is 50.7 Å². The SMILES string of the molecule is Nc1ccncc1-c1cncn1CC1COCCO1. The first-order valence-corrected chi connectivity index (χ1v) is 6.24. The summed E-state index contributed by atoms with van der Waals surface area (Å²) in [5.41, 5.74) is 8.50. The van der Waals surface area contributed by atoms with Gasteiger partial charge in [-0.15, -0.1) is 0 Å². The molecule has 1 atom stereocenters. The molecule has 0 spiro atoms. The molecule has 100 valence electrons. The van der Waals surface area contributed by atoms with Gasteiger partial charge in [-0.25, -0.2) is 4.98 Å². The van der Waals surface area contributed by atoms with Gasteiger partial charge in [-0.2, -0.15) is 0 Å². The van der Waals surface area contributed by atoms with E-state index in [0.717, 1.165) is 11.3 Å². The number of pyridine rings is 1. The molecule has 1 aliphatic heterocycles. The third-order valence-corrected chi connectivity index (χ3v) is 3.13. The van der Waals surface area contributed by atoms with E-state index < -0.39 is 0 Å². The molecule has 1 unspecified atom stereocenters. The molecule has 0 saturated carbocycles. The van der Waals surface area contributed by atoms with Crippen molar-refractivity contribution in [3.63, 3.8) is 0 Å². The van der Waals surface area contributed by atoms with Gasteiger partial charge in [0, 0.05) is 23.6 Å². The number of anilines is 1. The average Bonchev–Trinajstić information content (AvgIpc) is 2.88. The van der Waals surface area contributed by atoms with Crippen molar-refractivity contribution in [2.24, 2.45) is 0 Å². The van der Waals surface area contributed by atoms with E-state index in [9.17, 15) is 0 Å². The third kappa shape index (κ3) is 2.59. The molecule has 6 heteroatoms. The minimum absolute atomic E-state index is 0.0552. The lowest BCUT2D eigenvalue weighted by molar-refractivity contribution is -0.0934. The van der Waals surface area contributed by atoms with Gasteiger partial charge in [-0.3, -0.25) is 4.98 Å². The molecule has 3 heterocycles. The molecule has 1 aliphatic rings. The van der Waals surface area contributed by atoms with Crippen molar-refractivity contribution in [3.05, 3.63) is 31.0 Å². The Labute approximate surface area is 111 Å². The van der Waals surface area contributed by atoms with Gasteiger partial charge >= 0.3 is 0 Å². The summed E-state index contributed by atoms with van der Waals surface area (Å²) in [6, 6.07) is 1.78. The lowest BCUT2D eigenvalue weighted by Crippen LogP contribution is -2.32. The van der Waals surface area contributed by atoms with Gasteiger partial charge in [0.15, 0.2) is 0 Å². The molecular weight excluding hydrogens is 244 g/mol. The summed E-state index contributed by atoms with van der Waals surface area (Å²) in [6.45, 7) is 2.62. The molecular formula is C13H16N4O2. The predicted molar refractivity (Wildman–Crippen MR) is 70.4 cm³/mol. The second-order valence-electron chi connectivity index (χ2n) is 4.46. The molecule has 0 radical (unpaired) electrons. The van der Waals surface area contributed by atoms with Gasteiger partial charge < -0.3 is 19.8 Å². The lowest BCUT2D eigenvalue weighted by atomic mass is 10.2. The molecule has 2 aromatic rings. The van der Waals surface area contributed by atoms with Crippen LogP contribution in [0.15, 0.2) is 31.0 Å². The van der Waals surface area contributed by atoms with Gasteiger partial charge in [0.25, 0.3) is 0 Å². The van der Waals surface area contributed by atoms with Crippen molar-refractivity contribution in [1.29, 1.82) is 0 Å². The van der Waals surface area contributed by atoms with Gasteiger partial charge in [-0.05, 0) is 6.07 Å². The highest BCUT2D eigenvalue weighted by molar-refractivity contribution is 5.72. The molecule has 0 aliphatic carbocycles. The second kappa shape index (κ2) is 5.38. The fourth-order valence-corrected chi connectivity index (χ4v) is 2.17. The normalized spacial score (nSPS) is 19.5. The van der Waals surface area contributed by atoms with E-state index in [4.69, 9.17) is 15.2 Å². The van der Waals surface area contributed by atoms with E-state index in [1.54, 1.807) is 31.0 Å². The maximum atomic E-state index is 5.98. The Bertz CT molecular complexity index is 549. The van der Waals surface area contributed by atoms with Crippen LogP contribution in [0.1, 0.15) is 0 Å². The van der Waals surface area contributed by atoms with E-state index in [1.807, 2.05) is 4.57 Å². The molecule has 2 N–H and O–H groups in total. The molecule has 6 nitrogen and oxygen atoms in total. The molecule has 3 rings (SSSR count). The Morgan fingerprint density at radius 3 is 3.05 bits per heavy atom. The van der Waals surface area contributed by atoms with Crippen molar-refractivity contribution < 1.29 is 9.47 Å². The van der Waals surface area contributed by atoms with Crippen molar-refractivity contribution in [2.75, 3.05) is 25.6 Å². The summed E-state index contributed by atoms with van der Waals surface area (Å²) < 4.78 is 13.1. The molecule has 2 aromatic heterocycles. The van der Waals surface area contributed by atoms with Gasteiger partial charge in [-0.1, -0.05) is 0 Å². The number of hydrogen-bond donors (Lipinski definition) is 1. The first-order valence-electron chi connectivity index (χ1n) is 6.24. The minimum atomic E-state index is 0.0552. The van der Waals surface area contributed by atoms with Crippen LogP contribution in [0.5, 0.6) is 0 Å². The minimum Gasteiger partial charge on any atom is -0.398 e. The lowest BCUT2D eigenvalue weighted by Gasteiger charge is -2.24. The highest BCUT2D eigenvalue weighted by Crippen LogP contribution is 2.24. The second-order valence-corrected chi connectivity index (χ2v) is 4.46. The Morgan fingerprint density at radius 2 is 2.26 bits per heavy atom. The number of nitrogens with two attached hydrogens (primary N) is 1. The summed E-state index contributed by atoms with van der Waals surface area (Å²) >= 11 is 0. The highest BCUT2D eigenvalue weighted by atomic mass is 16.6.